The zero-order chi connectivity index (χ0) is 101. The first-order chi connectivity index (χ1) is 73.0. The molecule has 0 saturated heterocycles. The van der Waals surface area contributed by atoms with Gasteiger partial charge >= 0.3 is 0 Å². The minimum atomic E-state index is 1.19. The lowest BCUT2D eigenvalue weighted by molar-refractivity contribution is 1.18. The van der Waals surface area contributed by atoms with E-state index in [9.17, 15) is 0 Å². The van der Waals surface area contributed by atoms with E-state index >= 15 is 0 Å². The van der Waals surface area contributed by atoms with Crippen molar-refractivity contribution in [2.75, 3.05) is 0 Å². The molecule has 0 aliphatic rings. The second-order valence-electron chi connectivity index (χ2n) is 34.8. The van der Waals surface area contributed by atoms with Gasteiger partial charge in [0.05, 0.1) is 66.2 Å². The third kappa shape index (κ3) is 20.3. The molecule has 0 amide bonds. The van der Waals surface area contributed by atoms with E-state index in [0.29, 0.717) is 0 Å². The van der Waals surface area contributed by atoms with Crippen molar-refractivity contribution in [2.24, 2.45) is 0 Å². The Balaban J connectivity index is 0.000000110. The van der Waals surface area contributed by atoms with Gasteiger partial charge in [0.25, 0.3) is 0 Å². The van der Waals surface area contributed by atoms with Gasteiger partial charge in [0.1, 0.15) is 0 Å². The van der Waals surface area contributed by atoms with Crippen molar-refractivity contribution in [2.45, 2.75) is 48.5 Å². The fraction of sp³-hybridized carbons (Fsp3) is 0.0496. The molecule has 0 aliphatic heterocycles. The Morgan fingerprint density at radius 3 is 0.415 bits per heavy atom. The Bertz CT molecular complexity index is 8430. The van der Waals surface area contributed by atoms with E-state index in [0.717, 1.165) is 0 Å². The molecule has 0 atom stereocenters. The molecular formula is C141H116N6. The summed E-state index contributed by atoms with van der Waals surface area (Å²) in [4.78, 5) is 0. The summed E-state index contributed by atoms with van der Waals surface area (Å²) >= 11 is 0. The van der Waals surface area contributed by atoms with Crippen LogP contribution in [0.1, 0.15) is 48.5 Å². The zero-order valence-electron chi connectivity index (χ0n) is 84.0. The average Bonchev–Trinajstić information content (AvgIpc) is 1.63. The first-order valence-corrected chi connectivity index (χ1v) is 51.0. The Morgan fingerprint density at radius 2 is 0.238 bits per heavy atom. The van der Waals surface area contributed by atoms with Crippen molar-refractivity contribution in [1.29, 1.82) is 0 Å². The lowest BCUT2D eigenvalue weighted by Crippen LogP contribution is -1.94. The molecule has 0 saturated carbocycles. The molecule has 0 fully saturated rings. The largest absolute Gasteiger partial charge is 0.309 e. The van der Waals surface area contributed by atoms with Crippen molar-refractivity contribution in [3.05, 3.63) is 570 Å². The zero-order valence-corrected chi connectivity index (χ0v) is 84.0. The molecule has 6 heteroatoms. The van der Waals surface area contributed by atoms with Crippen LogP contribution < -0.4 is 0 Å². The van der Waals surface area contributed by atoms with Gasteiger partial charge in [-0.05, 0) is 197 Å². The second kappa shape index (κ2) is 46.7. The smallest absolute Gasteiger partial charge is 0.0541 e. The summed E-state index contributed by atoms with van der Waals surface area (Å²) < 4.78 is 14.1. The lowest BCUT2D eigenvalue weighted by Gasteiger charge is -2.10. The number of fused-ring (bicyclic) bond motifs is 18. The predicted octanol–water partition coefficient (Wildman–Crippen LogP) is 39.1. The molecule has 22 aromatic carbocycles. The topological polar surface area (TPSA) is 29.6 Å². The maximum absolute atomic E-state index is 4.60. The minimum absolute atomic E-state index is 1.19. The van der Waals surface area contributed by atoms with Gasteiger partial charge < -0.3 is 27.4 Å². The highest BCUT2D eigenvalue weighted by molar-refractivity contribution is 6.14. The molecule has 28 rings (SSSR count). The van der Waals surface area contributed by atoms with Crippen LogP contribution in [0.3, 0.4) is 0 Å². The molecule has 0 spiro atoms. The monoisotopic (exact) mass is 1890 g/mol. The number of benzene rings is 22. The van der Waals surface area contributed by atoms with Gasteiger partial charge in [-0.3, -0.25) is 0 Å². The van der Waals surface area contributed by atoms with E-state index in [2.05, 4.69) is 610 Å². The van der Waals surface area contributed by atoms with Crippen molar-refractivity contribution in [3.8, 4) is 91.0 Å². The number of terminal acetylenes is 1. The molecule has 0 aliphatic carbocycles. The number of nitrogens with zero attached hydrogens (tertiary/aromatic N) is 6. The summed E-state index contributed by atoms with van der Waals surface area (Å²) in [6, 6.07) is 202. The van der Waals surface area contributed by atoms with E-state index in [4.69, 9.17) is 0 Å². The van der Waals surface area contributed by atoms with Gasteiger partial charge in [0, 0.05) is 98.8 Å². The van der Waals surface area contributed by atoms with E-state index in [-0.39, 0.29) is 0 Å². The molecule has 710 valence electrons. The summed E-state index contributed by atoms with van der Waals surface area (Å²) in [5.74, 6) is 2.25. The van der Waals surface area contributed by atoms with E-state index in [1.165, 1.54) is 209 Å². The first-order valence-electron chi connectivity index (χ1n) is 51.0. The van der Waals surface area contributed by atoms with Crippen LogP contribution in [-0.2, 0) is 0 Å². The number of aromatic nitrogens is 6. The molecule has 28 aromatic rings. The molecule has 6 heterocycles. The standard InChI is InChI=1S/4C24H17N.2C18H13N.C3H4.3C2H6/c2*1-2-9-18(10-3-1)19-11-8-12-20(17-19)25-23-15-6-4-13-21(23)22-14-5-7-16-24(22)25;2*1-2-8-18(9-3-1)19-14-16-20(17-15-19)25-23-12-6-4-10-21(23)22-11-5-7-13-24(22)25;2*1-2-8-14(9-3-1)19-17-12-6-4-10-15(17)16-11-5-7-13-18(16)19;1-3-2;3*1-2/h4*1-17H;2*1-13H;1H,2H3;3*1-2H3. The van der Waals surface area contributed by atoms with Gasteiger partial charge in [-0.25, -0.2) is 0 Å². The highest BCUT2D eigenvalue weighted by Crippen LogP contribution is 2.41. The normalized spacial score (nSPS) is 10.7. The first kappa shape index (κ1) is 97.0. The van der Waals surface area contributed by atoms with Crippen molar-refractivity contribution in [1.82, 2.24) is 27.4 Å². The summed E-state index contributed by atoms with van der Waals surface area (Å²) in [6.07, 6.45) is 4.60. The molecule has 0 N–H and O–H groups in total. The van der Waals surface area contributed by atoms with E-state index in [1.807, 2.05) is 41.5 Å². The van der Waals surface area contributed by atoms with Crippen molar-refractivity contribution in [3.63, 3.8) is 0 Å². The van der Waals surface area contributed by atoms with Crippen molar-refractivity contribution < 1.29 is 0 Å². The van der Waals surface area contributed by atoms with E-state index < -0.39 is 0 Å². The molecular weight excluding hydrogens is 1780 g/mol. The molecule has 0 radical (unpaired) electrons. The highest BCUT2D eigenvalue weighted by atomic mass is 15.0. The Labute approximate surface area is 861 Å². The van der Waals surface area contributed by atoms with Gasteiger partial charge in [0.2, 0.25) is 0 Å². The van der Waals surface area contributed by atoms with Crippen LogP contribution >= 0.6 is 0 Å². The van der Waals surface area contributed by atoms with Crippen LogP contribution in [0, 0.1) is 12.3 Å². The Hall–Kier alpha value is -18.8. The second-order valence-corrected chi connectivity index (χ2v) is 34.8. The average molecular weight is 1890 g/mol. The maximum Gasteiger partial charge on any atom is 0.0541 e. The number of hydrogen-bond donors (Lipinski definition) is 0. The quantitative estimate of drug-likeness (QED) is 0.122. The van der Waals surface area contributed by atoms with Crippen molar-refractivity contribution >= 4 is 131 Å². The van der Waals surface area contributed by atoms with Gasteiger partial charge in [0.15, 0.2) is 0 Å². The molecule has 147 heavy (non-hydrogen) atoms. The summed E-state index contributed by atoms with van der Waals surface area (Å²) in [6.45, 7) is 13.7. The third-order valence-corrected chi connectivity index (χ3v) is 26.4. The Morgan fingerprint density at radius 1 is 0.122 bits per heavy atom. The van der Waals surface area contributed by atoms with Gasteiger partial charge in [-0.2, -0.15) is 0 Å². The molecule has 6 nitrogen and oxygen atoms in total. The van der Waals surface area contributed by atoms with Crippen LogP contribution in [0.2, 0.25) is 0 Å². The van der Waals surface area contributed by atoms with Crippen LogP contribution in [0.4, 0.5) is 0 Å². The third-order valence-electron chi connectivity index (χ3n) is 26.4. The molecule has 0 unspecified atom stereocenters. The maximum atomic E-state index is 4.60. The highest BCUT2D eigenvalue weighted by Gasteiger charge is 2.19. The number of para-hydroxylation sites is 14. The fourth-order valence-electron chi connectivity index (χ4n) is 20.1. The fourth-order valence-corrected chi connectivity index (χ4v) is 20.1. The number of rotatable bonds is 10. The van der Waals surface area contributed by atoms with Crippen LogP contribution in [0.25, 0.3) is 209 Å². The minimum Gasteiger partial charge on any atom is -0.309 e. The summed E-state index contributed by atoms with van der Waals surface area (Å²) in [5.41, 5.74) is 32.1. The SMILES string of the molecule is C#CC.CC.CC.CC.c1ccc(-c2ccc(-n3c4ccccc4c4ccccc43)cc2)cc1.c1ccc(-c2ccc(-n3c4ccccc4c4ccccc43)cc2)cc1.c1ccc(-c2cccc(-n3c4ccccc4c4ccccc43)c2)cc1.c1ccc(-c2cccc(-n3c4ccccc4c4ccccc43)c2)cc1.c1ccc(-n2c3ccccc3c3ccccc32)cc1.c1ccc(-n2c3ccccc3c3ccccc32)cc1. The lowest BCUT2D eigenvalue weighted by atomic mass is 10.1. The van der Waals surface area contributed by atoms with Crippen LogP contribution in [0.5, 0.6) is 0 Å². The van der Waals surface area contributed by atoms with Gasteiger partial charge in [-0.15, -0.1) is 12.3 Å². The predicted molar refractivity (Wildman–Crippen MR) is 635 cm³/mol. The van der Waals surface area contributed by atoms with E-state index in [1.54, 1.807) is 6.92 Å². The number of hydrogen-bond acceptors (Lipinski definition) is 0. The summed E-state index contributed by atoms with van der Waals surface area (Å²) in [7, 11) is 0. The molecule has 0 bridgehead atoms. The van der Waals surface area contributed by atoms with Gasteiger partial charge in [-0.1, -0.05) is 466 Å². The van der Waals surface area contributed by atoms with Crippen LogP contribution in [0.15, 0.2) is 570 Å². The van der Waals surface area contributed by atoms with Crippen LogP contribution in [-0.4, -0.2) is 27.4 Å². The summed E-state index contributed by atoms with van der Waals surface area (Å²) in [5, 5.41) is 15.6. The molecule has 6 aromatic heterocycles. The Kier molecular flexibility index (Phi) is 30.9.